The van der Waals surface area contributed by atoms with E-state index in [0.717, 1.165) is 0 Å². The molecule has 1 fully saturated rings. The van der Waals surface area contributed by atoms with Crippen LogP contribution >= 0.6 is 0 Å². The molecule has 0 aromatic heterocycles. The number of likely N-dealkylation sites (N-methyl/N-ethyl adjacent to an activating group) is 1. The molecule has 1 saturated heterocycles. The molecule has 1 heterocycles. The molecule has 7 nitrogen and oxygen atoms in total. The molecule has 0 spiro atoms. The Labute approximate surface area is 118 Å². The van der Waals surface area contributed by atoms with Crippen LogP contribution < -0.4 is 5.32 Å². The third-order valence-electron chi connectivity index (χ3n) is 3.62. The first-order chi connectivity index (χ1) is 9.21. The van der Waals surface area contributed by atoms with Crippen molar-refractivity contribution in [3.8, 4) is 0 Å². The topological polar surface area (TPSA) is 90.0 Å². The van der Waals surface area contributed by atoms with E-state index < -0.39 is 23.6 Å². The van der Waals surface area contributed by atoms with Crippen molar-refractivity contribution >= 4 is 17.9 Å². The van der Waals surface area contributed by atoms with Gasteiger partial charge in [-0.1, -0.05) is 13.3 Å². The lowest BCUT2D eigenvalue weighted by molar-refractivity contribution is -0.144. The number of amides is 3. The quantitative estimate of drug-likeness (QED) is 0.787. The lowest BCUT2D eigenvalue weighted by Crippen LogP contribution is -2.66. The fourth-order valence-corrected chi connectivity index (χ4v) is 2.34. The lowest BCUT2D eigenvalue weighted by atomic mass is 9.98. The summed E-state index contributed by atoms with van der Waals surface area (Å²) in [5.41, 5.74) is -0.966. The Hall–Kier alpha value is -1.79. The number of hydrogen-bond donors (Lipinski definition) is 2. The van der Waals surface area contributed by atoms with Crippen molar-refractivity contribution in [2.24, 2.45) is 0 Å². The van der Waals surface area contributed by atoms with Gasteiger partial charge in [0.05, 0.1) is 0 Å². The monoisotopic (exact) mass is 285 g/mol. The standard InChI is InChI=1S/C13H23N3O4/c1-5-6-9(10(17)18)14-12(20)16-8-7-15(4)11(19)13(16,2)3/h9H,5-8H2,1-4H3,(H,14,20)(H,17,18). The molecule has 1 aliphatic heterocycles. The molecule has 0 aromatic rings. The third-order valence-corrected chi connectivity index (χ3v) is 3.62. The fraction of sp³-hybridized carbons (Fsp3) is 0.769. The molecular formula is C13H23N3O4. The number of rotatable bonds is 4. The molecule has 7 heteroatoms. The molecule has 114 valence electrons. The minimum atomic E-state index is -1.06. The van der Waals surface area contributed by atoms with Crippen LogP contribution in [-0.4, -0.2) is 64.5 Å². The summed E-state index contributed by atoms with van der Waals surface area (Å²) in [4.78, 5) is 38.4. The number of piperazine rings is 1. The Bertz CT molecular complexity index is 408. The number of aliphatic carboxylic acids is 1. The Morgan fingerprint density at radius 2 is 2.00 bits per heavy atom. The van der Waals surface area contributed by atoms with E-state index >= 15 is 0 Å². The van der Waals surface area contributed by atoms with Gasteiger partial charge in [0.1, 0.15) is 11.6 Å². The van der Waals surface area contributed by atoms with Crippen LogP contribution in [0.1, 0.15) is 33.6 Å². The van der Waals surface area contributed by atoms with E-state index in [1.807, 2.05) is 6.92 Å². The van der Waals surface area contributed by atoms with Gasteiger partial charge in [0.2, 0.25) is 5.91 Å². The largest absolute Gasteiger partial charge is 0.480 e. The van der Waals surface area contributed by atoms with E-state index in [1.165, 1.54) is 4.90 Å². The summed E-state index contributed by atoms with van der Waals surface area (Å²) in [6, 6.07) is -1.42. The molecule has 1 unspecified atom stereocenters. The second-order valence-corrected chi connectivity index (χ2v) is 5.57. The zero-order valence-electron chi connectivity index (χ0n) is 12.5. The highest BCUT2D eigenvalue weighted by Crippen LogP contribution is 2.21. The molecule has 0 aliphatic carbocycles. The summed E-state index contributed by atoms with van der Waals surface area (Å²) in [5.74, 6) is -1.21. The van der Waals surface area contributed by atoms with Crippen molar-refractivity contribution in [1.29, 1.82) is 0 Å². The molecule has 0 bridgehead atoms. The first-order valence-electron chi connectivity index (χ1n) is 6.78. The van der Waals surface area contributed by atoms with E-state index in [2.05, 4.69) is 5.32 Å². The van der Waals surface area contributed by atoms with Gasteiger partial charge in [-0.25, -0.2) is 9.59 Å². The number of carboxylic acids is 1. The highest BCUT2D eigenvalue weighted by molar-refractivity contribution is 5.92. The average Bonchev–Trinajstić information content (AvgIpc) is 2.35. The maximum absolute atomic E-state index is 12.2. The summed E-state index contributed by atoms with van der Waals surface area (Å²) in [6.07, 6.45) is 1.02. The number of carbonyl (C=O) groups excluding carboxylic acids is 2. The molecule has 0 saturated carbocycles. The zero-order valence-corrected chi connectivity index (χ0v) is 12.5. The predicted molar refractivity (Wildman–Crippen MR) is 73.3 cm³/mol. The molecule has 1 rings (SSSR count). The summed E-state index contributed by atoms with van der Waals surface area (Å²) in [5, 5.41) is 11.6. The second kappa shape index (κ2) is 6.11. The van der Waals surface area contributed by atoms with Crippen molar-refractivity contribution in [2.45, 2.75) is 45.2 Å². The molecular weight excluding hydrogens is 262 g/mol. The zero-order chi connectivity index (χ0) is 15.5. The molecule has 20 heavy (non-hydrogen) atoms. The minimum Gasteiger partial charge on any atom is -0.480 e. The van der Waals surface area contributed by atoms with Crippen molar-refractivity contribution in [3.63, 3.8) is 0 Å². The summed E-state index contributed by atoms with van der Waals surface area (Å²) in [6.45, 7) is 6.02. The SMILES string of the molecule is CCCC(NC(=O)N1CCN(C)C(=O)C1(C)C)C(=O)O. The first kappa shape index (κ1) is 16.3. The summed E-state index contributed by atoms with van der Waals surface area (Å²) in [7, 11) is 1.69. The normalized spacial score (nSPS) is 19.7. The average molecular weight is 285 g/mol. The first-order valence-corrected chi connectivity index (χ1v) is 6.78. The van der Waals surface area contributed by atoms with Crippen molar-refractivity contribution < 1.29 is 19.5 Å². The van der Waals surface area contributed by atoms with Gasteiger partial charge < -0.3 is 20.2 Å². The number of carbonyl (C=O) groups is 3. The van der Waals surface area contributed by atoms with E-state index in [9.17, 15) is 14.4 Å². The molecule has 0 aromatic carbocycles. The molecule has 1 aliphatic rings. The van der Waals surface area contributed by atoms with Crippen LogP contribution in [0.4, 0.5) is 4.79 Å². The summed E-state index contributed by atoms with van der Waals surface area (Å²) < 4.78 is 0. The van der Waals surface area contributed by atoms with E-state index in [0.29, 0.717) is 25.9 Å². The number of hydrogen-bond acceptors (Lipinski definition) is 3. The van der Waals surface area contributed by atoms with Gasteiger partial charge in [0.25, 0.3) is 0 Å². The van der Waals surface area contributed by atoms with E-state index in [1.54, 1.807) is 25.8 Å². The van der Waals surface area contributed by atoms with Crippen molar-refractivity contribution in [3.05, 3.63) is 0 Å². The number of nitrogens with zero attached hydrogens (tertiary/aromatic N) is 2. The van der Waals surface area contributed by atoms with Crippen LogP contribution in [0.15, 0.2) is 0 Å². The van der Waals surface area contributed by atoms with E-state index in [-0.39, 0.29) is 5.91 Å². The van der Waals surface area contributed by atoms with E-state index in [4.69, 9.17) is 5.11 Å². The lowest BCUT2D eigenvalue weighted by Gasteiger charge is -2.44. The molecule has 2 N–H and O–H groups in total. The van der Waals surface area contributed by atoms with Crippen LogP contribution in [0.3, 0.4) is 0 Å². The number of urea groups is 1. The highest BCUT2D eigenvalue weighted by Gasteiger charge is 2.43. The fourth-order valence-electron chi connectivity index (χ4n) is 2.34. The third kappa shape index (κ3) is 3.20. The van der Waals surface area contributed by atoms with Crippen LogP contribution in [0.25, 0.3) is 0 Å². The van der Waals surface area contributed by atoms with Crippen LogP contribution in [0.5, 0.6) is 0 Å². The van der Waals surface area contributed by atoms with Crippen molar-refractivity contribution in [1.82, 2.24) is 15.1 Å². The molecule has 3 amide bonds. The maximum Gasteiger partial charge on any atom is 0.326 e. The van der Waals surface area contributed by atoms with Gasteiger partial charge in [-0.2, -0.15) is 0 Å². The highest BCUT2D eigenvalue weighted by atomic mass is 16.4. The number of carboxylic acid groups (broad SMARTS) is 1. The minimum absolute atomic E-state index is 0.152. The van der Waals surface area contributed by atoms with Crippen LogP contribution in [-0.2, 0) is 9.59 Å². The molecule has 1 atom stereocenters. The van der Waals surface area contributed by atoms with Gasteiger partial charge in [-0.05, 0) is 20.3 Å². The summed E-state index contributed by atoms with van der Waals surface area (Å²) >= 11 is 0. The predicted octanol–water partition coefficient (Wildman–Crippen LogP) is 0.502. The second-order valence-electron chi connectivity index (χ2n) is 5.57. The smallest absolute Gasteiger partial charge is 0.326 e. The Balaban J connectivity index is 2.81. The molecule has 0 radical (unpaired) electrons. The maximum atomic E-state index is 12.2. The van der Waals surface area contributed by atoms with Gasteiger partial charge in [0.15, 0.2) is 0 Å². The van der Waals surface area contributed by atoms with Gasteiger partial charge in [-0.15, -0.1) is 0 Å². The van der Waals surface area contributed by atoms with Gasteiger partial charge in [0, 0.05) is 20.1 Å². The Morgan fingerprint density at radius 1 is 1.40 bits per heavy atom. The Kier molecular flexibility index (Phi) is 4.97. The number of nitrogens with one attached hydrogen (secondary N) is 1. The van der Waals surface area contributed by atoms with Gasteiger partial charge in [-0.3, -0.25) is 4.79 Å². The van der Waals surface area contributed by atoms with Crippen LogP contribution in [0, 0.1) is 0 Å². The Morgan fingerprint density at radius 3 is 2.50 bits per heavy atom. The van der Waals surface area contributed by atoms with Crippen LogP contribution in [0.2, 0.25) is 0 Å². The van der Waals surface area contributed by atoms with Crippen molar-refractivity contribution in [2.75, 3.05) is 20.1 Å². The van der Waals surface area contributed by atoms with Gasteiger partial charge >= 0.3 is 12.0 Å².